The zero-order valence-electron chi connectivity index (χ0n) is 42.3. The van der Waals surface area contributed by atoms with E-state index in [1.165, 1.54) is 5.57 Å². The van der Waals surface area contributed by atoms with Crippen molar-refractivity contribution < 1.29 is 34.5 Å². The van der Waals surface area contributed by atoms with Crippen LogP contribution in [0.25, 0.3) is 11.5 Å². The number of ketones is 1. The van der Waals surface area contributed by atoms with Gasteiger partial charge in [0.1, 0.15) is 18.1 Å². The predicted octanol–water partition coefficient (Wildman–Crippen LogP) is 11.7. The van der Waals surface area contributed by atoms with E-state index < -0.39 is 16.4 Å². The predicted molar refractivity (Wildman–Crippen MR) is 259 cm³/mol. The molecule has 362 valence electrons. The molecule has 1 N–H and O–H groups in total. The number of hydrogen-bond donors (Lipinski definition) is 1. The van der Waals surface area contributed by atoms with Crippen LogP contribution in [0.3, 0.4) is 0 Å². The zero-order valence-corrected chi connectivity index (χ0v) is 42.3. The molecule has 1 aromatic heterocycles. The molecule has 10 nitrogen and oxygen atoms in total. The number of esters is 2. The van der Waals surface area contributed by atoms with Crippen molar-refractivity contribution in [1.29, 1.82) is 0 Å². The molecule has 10 atom stereocenters. The molecule has 0 spiro atoms. The number of nitrogens with zero attached hydrogens (tertiary/aromatic N) is 2. The molecule has 3 aromatic rings. The van der Waals surface area contributed by atoms with Crippen LogP contribution in [-0.2, 0) is 40.7 Å². The number of hydrogen-bond acceptors (Lipinski definition) is 9. The summed E-state index contributed by atoms with van der Waals surface area (Å²) < 4.78 is 18.5. The molecule has 9 rings (SSSR count). The maximum atomic E-state index is 14.7. The van der Waals surface area contributed by atoms with Crippen LogP contribution in [0.2, 0.25) is 0 Å². The Morgan fingerprint density at radius 1 is 0.806 bits per heavy atom. The minimum Gasteiger partial charge on any atom is -0.462 e. The highest BCUT2D eigenvalue weighted by molar-refractivity contribution is 6.02. The summed E-state index contributed by atoms with van der Waals surface area (Å²) in [5, 5.41) is 12.3. The number of allylic oxidation sites excluding steroid dienone is 1. The van der Waals surface area contributed by atoms with Crippen molar-refractivity contribution in [3.63, 3.8) is 0 Å². The van der Waals surface area contributed by atoms with E-state index in [9.17, 15) is 19.2 Å². The normalized spacial score (nSPS) is 35.1. The van der Waals surface area contributed by atoms with Crippen LogP contribution in [0, 0.1) is 69.5 Å². The third-order valence-corrected chi connectivity index (χ3v) is 19.9. The molecule has 67 heavy (non-hydrogen) atoms. The van der Waals surface area contributed by atoms with E-state index in [2.05, 4.69) is 64.0 Å². The molecule has 1 heterocycles. The number of carbonyl (C=O) groups is 4. The average molecular weight is 916 g/mol. The summed E-state index contributed by atoms with van der Waals surface area (Å²) in [7, 11) is 0. The number of nitrogens with one attached hydrogen (secondary N) is 1. The number of aryl methyl sites for hydroxylation is 1. The standard InChI is InChI=1S/C57H75N3O7.H2/c1-33(2)44-40(61)31-57(58-49(64)53(8,9)50-60-59-46(67-50)36-20-18-34(3)19-21-36)29-28-55(11)37(45(44)57)22-23-42-54(10)26-25-43(52(6,7)41(54)24-27-56(42,55)12)66-48(63)39-30-38(51(39,4)5)47(62)65-32-35-16-14-13-15-17-35;/h13-21,33,37-39,41-43H,22-32H2,1-12H3,(H,58,64);1H/t37-,38+,39-,41+,42-,43+,54+,55-,56-,57-;/m1./s1. The van der Waals surface area contributed by atoms with Crippen LogP contribution in [0.15, 0.2) is 70.2 Å². The summed E-state index contributed by atoms with van der Waals surface area (Å²) in [5.74, 6) is 0.444. The molecule has 6 aliphatic rings. The van der Waals surface area contributed by atoms with Gasteiger partial charge in [-0.1, -0.05) is 110 Å². The van der Waals surface area contributed by atoms with Gasteiger partial charge in [0, 0.05) is 18.8 Å². The van der Waals surface area contributed by atoms with Crippen molar-refractivity contribution in [2.45, 2.75) is 171 Å². The Labute approximate surface area is 400 Å². The lowest BCUT2D eigenvalue weighted by Gasteiger charge is -2.72. The minimum atomic E-state index is -1.13. The van der Waals surface area contributed by atoms with Crippen LogP contribution in [0.5, 0.6) is 0 Å². The maximum Gasteiger partial charge on any atom is 0.309 e. The van der Waals surface area contributed by atoms with E-state index >= 15 is 0 Å². The number of fused-ring (bicyclic) bond motifs is 7. The molecule has 1 amide bonds. The Bertz CT molecular complexity index is 2490. The topological polar surface area (TPSA) is 138 Å². The van der Waals surface area contributed by atoms with E-state index in [0.717, 1.165) is 67.2 Å². The second kappa shape index (κ2) is 16.3. The molecular formula is C57H77N3O7. The Kier molecular flexibility index (Phi) is 11.5. The molecule has 0 saturated heterocycles. The smallest absolute Gasteiger partial charge is 0.309 e. The van der Waals surface area contributed by atoms with E-state index in [4.69, 9.17) is 13.9 Å². The fraction of sp³-hybridized carbons (Fsp3) is 0.649. The maximum absolute atomic E-state index is 14.7. The van der Waals surface area contributed by atoms with Gasteiger partial charge in [0.25, 0.3) is 0 Å². The minimum absolute atomic E-state index is 0. The number of carbonyl (C=O) groups excluding carboxylic acids is 4. The van der Waals surface area contributed by atoms with Gasteiger partial charge in [-0.2, -0.15) is 0 Å². The number of rotatable bonds is 10. The summed E-state index contributed by atoms with van der Waals surface area (Å²) in [5.41, 5.74) is 2.22. The first kappa shape index (κ1) is 47.5. The zero-order chi connectivity index (χ0) is 48.3. The number of amides is 1. The van der Waals surface area contributed by atoms with Gasteiger partial charge in [-0.3, -0.25) is 19.2 Å². The largest absolute Gasteiger partial charge is 0.462 e. The summed E-state index contributed by atoms with van der Waals surface area (Å²) in [6, 6.07) is 17.6. The third-order valence-electron chi connectivity index (χ3n) is 19.9. The van der Waals surface area contributed by atoms with Gasteiger partial charge in [0.05, 0.1) is 17.4 Å². The van der Waals surface area contributed by atoms with E-state index in [-0.39, 0.29) is 95.4 Å². The average Bonchev–Trinajstić information content (AvgIpc) is 3.88. The lowest BCUT2D eigenvalue weighted by Crippen LogP contribution is -2.67. The van der Waals surface area contributed by atoms with Gasteiger partial charge >= 0.3 is 11.9 Å². The molecule has 5 fully saturated rings. The molecule has 0 aliphatic heterocycles. The fourth-order valence-corrected chi connectivity index (χ4v) is 15.5. The first-order valence-electron chi connectivity index (χ1n) is 25.3. The SMILES string of the molecule is Cc1ccc(-c2nnc(C(C)(C)C(=O)N[C@@]34CC[C@]5(C)[C@H](CC[C@@H]6[C@@]7(C)CC[C@H](OC(=O)[C@H]8C[C@@H](C(=O)OCc9ccccc9)C8(C)C)C(C)(C)[C@@H]7CC[C@]65C)C3=C(C(C)C)C(=O)C4)o2)cc1.[HH]. The van der Waals surface area contributed by atoms with Gasteiger partial charge in [-0.05, 0) is 153 Å². The molecular weight excluding hydrogens is 839 g/mol. The first-order valence-corrected chi connectivity index (χ1v) is 25.3. The fourth-order valence-electron chi connectivity index (χ4n) is 15.5. The van der Waals surface area contributed by atoms with Crippen molar-refractivity contribution in [2.24, 2.45) is 62.6 Å². The Morgan fingerprint density at radius 2 is 1.49 bits per heavy atom. The molecule has 0 unspecified atom stereocenters. The van der Waals surface area contributed by atoms with Crippen molar-refractivity contribution in [3.05, 3.63) is 82.8 Å². The molecule has 0 bridgehead atoms. The number of ether oxygens (including phenoxy) is 2. The summed E-state index contributed by atoms with van der Waals surface area (Å²) in [6.07, 6.45) is 8.04. The van der Waals surface area contributed by atoms with Crippen molar-refractivity contribution in [3.8, 4) is 11.5 Å². The van der Waals surface area contributed by atoms with Gasteiger partial charge < -0.3 is 19.2 Å². The van der Waals surface area contributed by atoms with E-state index in [0.29, 0.717) is 30.6 Å². The molecule has 10 heteroatoms. The molecule has 5 saturated carbocycles. The number of aromatic nitrogens is 2. The van der Waals surface area contributed by atoms with Crippen molar-refractivity contribution >= 4 is 23.6 Å². The second-order valence-electron chi connectivity index (χ2n) is 24.7. The van der Waals surface area contributed by atoms with Crippen LogP contribution in [0.4, 0.5) is 0 Å². The van der Waals surface area contributed by atoms with Crippen LogP contribution >= 0.6 is 0 Å². The van der Waals surface area contributed by atoms with Crippen LogP contribution in [0.1, 0.15) is 159 Å². The highest BCUT2D eigenvalue weighted by atomic mass is 16.5. The van der Waals surface area contributed by atoms with Crippen LogP contribution < -0.4 is 5.32 Å². The van der Waals surface area contributed by atoms with E-state index in [1.807, 2.05) is 89.2 Å². The third kappa shape index (κ3) is 7.29. The lowest BCUT2D eigenvalue weighted by atomic mass is 9.33. The van der Waals surface area contributed by atoms with Gasteiger partial charge in [0.2, 0.25) is 17.7 Å². The monoisotopic (exact) mass is 916 g/mol. The van der Waals surface area contributed by atoms with Crippen molar-refractivity contribution in [2.75, 3.05) is 0 Å². The Balaban J connectivity index is 0.00000625. The quantitative estimate of drug-likeness (QED) is 0.197. The molecule has 6 aliphatic carbocycles. The van der Waals surface area contributed by atoms with Gasteiger partial charge in [-0.15, -0.1) is 10.2 Å². The van der Waals surface area contributed by atoms with Crippen molar-refractivity contribution in [1.82, 2.24) is 15.5 Å². The summed E-state index contributed by atoms with van der Waals surface area (Å²) in [6.45, 7) is 26.5. The molecule has 0 radical (unpaired) electrons. The highest BCUT2D eigenvalue weighted by Crippen LogP contribution is 2.76. The lowest BCUT2D eigenvalue weighted by molar-refractivity contribution is -0.235. The van der Waals surface area contributed by atoms with Crippen LogP contribution in [-0.4, -0.2) is 45.5 Å². The van der Waals surface area contributed by atoms with E-state index in [1.54, 1.807) is 0 Å². The molecule has 2 aromatic carbocycles. The second-order valence-corrected chi connectivity index (χ2v) is 24.7. The summed E-state index contributed by atoms with van der Waals surface area (Å²) >= 11 is 0. The first-order chi connectivity index (χ1) is 31.4. The number of Topliss-reactive ketones (excluding diaryl/α,β-unsaturated/α-hetero) is 1. The van der Waals surface area contributed by atoms with Gasteiger partial charge in [-0.25, -0.2) is 0 Å². The summed E-state index contributed by atoms with van der Waals surface area (Å²) in [4.78, 5) is 56.4. The highest BCUT2D eigenvalue weighted by Gasteiger charge is 2.71. The Morgan fingerprint density at radius 3 is 2.16 bits per heavy atom. The Hall–Kier alpha value is -4.60. The number of benzene rings is 2. The van der Waals surface area contributed by atoms with Gasteiger partial charge in [0.15, 0.2) is 5.78 Å².